The molecule has 154 valence electrons. The number of carbonyl (C=O) groups is 1. The third-order valence-corrected chi connectivity index (χ3v) is 5.41. The van der Waals surface area contributed by atoms with E-state index in [1.54, 1.807) is 21.3 Å². The van der Waals surface area contributed by atoms with Crippen molar-refractivity contribution in [2.75, 3.05) is 21.3 Å². The summed E-state index contributed by atoms with van der Waals surface area (Å²) in [7, 11) is 4.73. The van der Waals surface area contributed by atoms with Gasteiger partial charge >= 0.3 is 5.97 Å². The van der Waals surface area contributed by atoms with Crippen LogP contribution in [0.3, 0.4) is 0 Å². The lowest BCUT2D eigenvalue weighted by molar-refractivity contribution is 0.0697. The first-order valence-electron chi connectivity index (χ1n) is 9.73. The highest BCUT2D eigenvalue weighted by Gasteiger charge is 2.25. The third-order valence-electron chi connectivity index (χ3n) is 5.41. The van der Waals surface area contributed by atoms with E-state index in [2.05, 4.69) is 0 Å². The fourth-order valence-electron chi connectivity index (χ4n) is 4.11. The molecule has 6 nitrogen and oxygen atoms in total. The van der Waals surface area contributed by atoms with Crippen molar-refractivity contribution < 1.29 is 24.1 Å². The van der Waals surface area contributed by atoms with Crippen LogP contribution in [0.4, 0.5) is 0 Å². The molecule has 1 aromatic heterocycles. The second-order valence-corrected chi connectivity index (χ2v) is 7.12. The van der Waals surface area contributed by atoms with Crippen molar-refractivity contribution in [3.05, 3.63) is 58.8 Å². The van der Waals surface area contributed by atoms with Crippen LogP contribution in [-0.2, 0) is 6.42 Å². The number of rotatable bonds is 5. The molecule has 1 aliphatic carbocycles. The molecular weight excluding hydrogens is 382 g/mol. The van der Waals surface area contributed by atoms with Crippen LogP contribution in [0.1, 0.15) is 40.0 Å². The summed E-state index contributed by atoms with van der Waals surface area (Å²) >= 11 is 0. The van der Waals surface area contributed by atoms with Crippen molar-refractivity contribution in [2.24, 2.45) is 0 Å². The number of aromatic carboxylic acids is 1. The predicted octanol–water partition coefficient (Wildman–Crippen LogP) is 4.84. The Morgan fingerprint density at radius 2 is 1.73 bits per heavy atom. The molecule has 0 saturated carbocycles. The number of fused-ring (bicyclic) bond motifs is 2. The first kappa shape index (κ1) is 19.8. The SMILES string of the molecule is COc1cc(/C=C2/CCCc3c2nc2ccccc2c3C(=O)O)cc(OC)c1OC. The Hall–Kier alpha value is -3.54. The third kappa shape index (κ3) is 3.34. The number of hydrogen-bond acceptors (Lipinski definition) is 5. The smallest absolute Gasteiger partial charge is 0.336 e. The number of methoxy groups -OCH3 is 3. The van der Waals surface area contributed by atoms with Crippen molar-refractivity contribution in [1.82, 2.24) is 4.98 Å². The van der Waals surface area contributed by atoms with E-state index in [4.69, 9.17) is 19.2 Å². The molecule has 0 spiro atoms. The molecule has 2 aromatic carbocycles. The van der Waals surface area contributed by atoms with E-state index in [-0.39, 0.29) is 0 Å². The molecule has 0 atom stereocenters. The van der Waals surface area contributed by atoms with Crippen molar-refractivity contribution in [3.63, 3.8) is 0 Å². The zero-order chi connectivity index (χ0) is 21.3. The van der Waals surface area contributed by atoms with Crippen LogP contribution in [0, 0.1) is 0 Å². The second-order valence-electron chi connectivity index (χ2n) is 7.12. The summed E-state index contributed by atoms with van der Waals surface area (Å²) in [6.07, 6.45) is 4.40. The standard InChI is InChI=1S/C24H23NO5/c1-28-19-12-14(13-20(29-2)23(19)30-3)11-15-7-6-9-17-21(24(26)27)16-8-4-5-10-18(16)25-22(15)17/h4-5,8,10-13H,6-7,9H2,1-3H3,(H,26,27)/b15-11-. The fourth-order valence-corrected chi connectivity index (χ4v) is 4.11. The molecule has 3 aromatic rings. The Morgan fingerprint density at radius 3 is 2.37 bits per heavy atom. The van der Waals surface area contributed by atoms with E-state index in [1.807, 2.05) is 42.5 Å². The molecule has 0 unspecified atom stereocenters. The molecule has 0 fully saturated rings. The molecule has 4 rings (SSSR count). The summed E-state index contributed by atoms with van der Waals surface area (Å²) in [5, 5.41) is 10.6. The summed E-state index contributed by atoms with van der Waals surface area (Å²) in [5.41, 5.74) is 4.47. The predicted molar refractivity (Wildman–Crippen MR) is 116 cm³/mol. The van der Waals surface area contributed by atoms with Gasteiger partial charge < -0.3 is 19.3 Å². The number of pyridine rings is 1. The van der Waals surface area contributed by atoms with Gasteiger partial charge in [0.2, 0.25) is 5.75 Å². The van der Waals surface area contributed by atoms with E-state index in [1.165, 1.54) is 0 Å². The number of ether oxygens (including phenoxy) is 3. The molecule has 0 saturated heterocycles. The minimum Gasteiger partial charge on any atom is -0.493 e. The molecule has 0 amide bonds. The number of nitrogens with zero attached hydrogens (tertiary/aromatic N) is 1. The highest BCUT2D eigenvalue weighted by molar-refractivity contribution is 6.05. The minimum absolute atomic E-state index is 0.353. The fraction of sp³-hybridized carbons (Fsp3) is 0.250. The van der Waals surface area contributed by atoms with Crippen LogP contribution in [0.15, 0.2) is 36.4 Å². The van der Waals surface area contributed by atoms with Gasteiger partial charge in [-0.3, -0.25) is 0 Å². The summed E-state index contributed by atoms with van der Waals surface area (Å²) in [5.74, 6) is 0.747. The van der Waals surface area contributed by atoms with E-state index < -0.39 is 5.97 Å². The average molecular weight is 405 g/mol. The summed E-state index contributed by atoms with van der Waals surface area (Å²) < 4.78 is 16.3. The molecular formula is C24H23NO5. The topological polar surface area (TPSA) is 77.9 Å². The average Bonchev–Trinajstić information content (AvgIpc) is 2.76. The molecule has 6 heteroatoms. The maximum absolute atomic E-state index is 12.1. The Bertz CT molecular complexity index is 1140. The van der Waals surface area contributed by atoms with Gasteiger partial charge in [-0.2, -0.15) is 0 Å². The van der Waals surface area contributed by atoms with Crippen LogP contribution in [0.5, 0.6) is 17.2 Å². The van der Waals surface area contributed by atoms with E-state index in [9.17, 15) is 9.90 Å². The highest BCUT2D eigenvalue weighted by Crippen LogP contribution is 2.41. The van der Waals surface area contributed by atoms with Crippen LogP contribution in [-0.4, -0.2) is 37.4 Å². The van der Waals surface area contributed by atoms with Gasteiger partial charge in [0.1, 0.15) is 0 Å². The van der Waals surface area contributed by atoms with Crippen molar-refractivity contribution in [2.45, 2.75) is 19.3 Å². The van der Waals surface area contributed by atoms with Gasteiger partial charge in [0.15, 0.2) is 11.5 Å². The van der Waals surface area contributed by atoms with Gasteiger partial charge in [-0.25, -0.2) is 9.78 Å². The number of carboxylic acid groups (broad SMARTS) is 1. The van der Waals surface area contributed by atoms with Gasteiger partial charge in [0, 0.05) is 5.39 Å². The van der Waals surface area contributed by atoms with Gasteiger partial charge in [-0.05, 0) is 60.2 Å². The molecule has 1 N–H and O–H groups in total. The molecule has 1 heterocycles. The van der Waals surface area contributed by atoms with Gasteiger partial charge in [0.25, 0.3) is 0 Å². The van der Waals surface area contributed by atoms with Gasteiger partial charge in [-0.1, -0.05) is 18.2 Å². The number of aromatic nitrogens is 1. The number of carboxylic acids is 1. The normalized spacial score (nSPS) is 14.4. The Morgan fingerprint density at radius 1 is 1.03 bits per heavy atom. The van der Waals surface area contributed by atoms with Crippen LogP contribution >= 0.6 is 0 Å². The first-order chi connectivity index (χ1) is 14.6. The zero-order valence-corrected chi connectivity index (χ0v) is 17.2. The lowest BCUT2D eigenvalue weighted by atomic mass is 9.86. The van der Waals surface area contributed by atoms with Crippen molar-refractivity contribution >= 4 is 28.5 Å². The summed E-state index contributed by atoms with van der Waals surface area (Å²) in [6.45, 7) is 0. The van der Waals surface area contributed by atoms with Crippen LogP contribution in [0.25, 0.3) is 22.6 Å². The van der Waals surface area contributed by atoms with Gasteiger partial charge in [-0.15, -0.1) is 0 Å². The van der Waals surface area contributed by atoms with Crippen molar-refractivity contribution in [3.8, 4) is 17.2 Å². The highest BCUT2D eigenvalue weighted by atomic mass is 16.5. The van der Waals surface area contributed by atoms with Crippen LogP contribution in [0.2, 0.25) is 0 Å². The number of allylic oxidation sites excluding steroid dienone is 1. The molecule has 0 aliphatic heterocycles. The quantitative estimate of drug-likeness (QED) is 0.655. The number of hydrogen-bond donors (Lipinski definition) is 1. The lowest BCUT2D eigenvalue weighted by Gasteiger charge is -2.22. The van der Waals surface area contributed by atoms with E-state index in [0.29, 0.717) is 40.1 Å². The maximum Gasteiger partial charge on any atom is 0.336 e. The van der Waals surface area contributed by atoms with Crippen molar-refractivity contribution in [1.29, 1.82) is 0 Å². The lowest BCUT2D eigenvalue weighted by Crippen LogP contribution is -2.13. The largest absolute Gasteiger partial charge is 0.493 e. The second kappa shape index (κ2) is 8.06. The Kier molecular flexibility index (Phi) is 5.31. The Balaban J connectivity index is 1.92. The summed E-state index contributed by atoms with van der Waals surface area (Å²) in [6, 6.07) is 11.2. The van der Waals surface area contributed by atoms with Crippen LogP contribution < -0.4 is 14.2 Å². The van der Waals surface area contributed by atoms with E-state index in [0.717, 1.165) is 35.2 Å². The molecule has 30 heavy (non-hydrogen) atoms. The minimum atomic E-state index is -0.918. The van der Waals surface area contributed by atoms with Gasteiger partial charge in [0.05, 0.1) is 38.1 Å². The number of benzene rings is 2. The number of para-hydroxylation sites is 1. The molecule has 1 aliphatic rings. The van der Waals surface area contributed by atoms with E-state index >= 15 is 0 Å². The summed E-state index contributed by atoms with van der Waals surface area (Å²) in [4.78, 5) is 16.9. The first-order valence-corrected chi connectivity index (χ1v) is 9.73. The Labute approximate surface area is 174 Å². The molecule has 0 radical (unpaired) electrons. The molecule has 0 bridgehead atoms. The zero-order valence-electron chi connectivity index (χ0n) is 17.2. The maximum atomic E-state index is 12.1. The monoisotopic (exact) mass is 405 g/mol.